The lowest BCUT2D eigenvalue weighted by Gasteiger charge is -2.33. The number of nitrogens with one attached hydrogen (secondary N) is 1. The van der Waals surface area contributed by atoms with Crippen LogP contribution in [0.15, 0.2) is 17.3 Å². The SMILES string of the molecule is NCCN1CCN(S(=O)(=O)c2cn[nH]c2)CC1. The van der Waals surface area contributed by atoms with E-state index in [1.807, 2.05) is 0 Å². The summed E-state index contributed by atoms with van der Waals surface area (Å²) in [5, 5.41) is 6.19. The van der Waals surface area contributed by atoms with Crippen molar-refractivity contribution in [2.75, 3.05) is 39.3 Å². The molecule has 0 amide bonds. The van der Waals surface area contributed by atoms with Crippen molar-refractivity contribution in [1.29, 1.82) is 0 Å². The fourth-order valence-corrected chi connectivity index (χ4v) is 3.23. The first-order chi connectivity index (χ1) is 8.14. The Kier molecular flexibility index (Phi) is 3.77. The van der Waals surface area contributed by atoms with E-state index in [2.05, 4.69) is 15.1 Å². The summed E-state index contributed by atoms with van der Waals surface area (Å²) >= 11 is 0. The van der Waals surface area contributed by atoms with Crippen molar-refractivity contribution in [1.82, 2.24) is 19.4 Å². The molecule has 8 heteroatoms. The van der Waals surface area contributed by atoms with Gasteiger partial charge in [-0.15, -0.1) is 0 Å². The highest BCUT2D eigenvalue weighted by molar-refractivity contribution is 7.89. The maximum atomic E-state index is 12.1. The van der Waals surface area contributed by atoms with Crippen LogP contribution in [-0.4, -0.2) is 67.1 Å². The van der Waals surface area contributed by atoms with Gasteiger partial charge in [0, 0.05) is 45.5 Å². The number of aromatic nitrogens is 2. The van der Waals surface area contributed by atoms with Gasteiger partial charge in [0.15, 0.2) is 0 Å². The Hall–Kier alpha value is -0.960. The number of aromatic amines is 1. The van der Waals surface area contributed by atoms with E-state index in [1.165, 1.54) is 16.7 Å². The summed E-state index contributed by atoms with van der Waals surface area (Å²) < 4.78 is 25.8. The topological polar surface area (TPSA) is 95.3 Å². The molecular formula is C9H17N5O2S. The standard InChI is InChI=1S/C9H17N5O2S/c10-1-2-13-3-5-14(6-4-13)17(15,16)9-7-11-12-8-9/h7-8H,1-6,10H2,(H,11,12). The maximum Gasteiger partial charge on any atom is 0.246 e. The van der Waals surface area contributed by atoms with E-state index in [-0.39, 0.29) is 4.90 Å². The van der Waals surface area contributed by atoms with Gasteiger partial charge in [0.25, 0.3) is 0 Å². The summed E-state index contributed by atoms with van der Waals surface area (Å²) in [5.41, 5.74) is 5.47. The number of rotatable bonds is 4. The van der Waals surface area contributed by atoms with Crippen molar-refractivity contribution in [2.45, 2.75) is 4.90 Å². The zero-order valence-electron chi connectivity index (χ0n) is 9.54. The number of hydrogen-bond donors (Lipinski definition) is 2. The predicted octanol–water partition coefficient (Wildman–Crippen LogP) is -1.33. The molecule has 7 nitrogen and oxygen atoms in total. The molecular weight excluding hydrogens is 242 g/mol. The van der Waals surface area contributed by atoms with Gasteiger partial charge in [-0.3, -0.25) is 10.00 Å². The number of hydrogen-bond acceptors (Lipinski definition) is 5. The van der Waals surface area contributed by atoms with Gasteiger partial charge in [-0.1, -0.05) is 0 Å². The second-order valence-corrected chi connectivity index (χ2v) is 5.91. The second kappa shape index (κ2) is 5.13. The van der Waals surface area contributed by atoms with Crippen LogP contribution in [-0.2, 0) is 10.0 Å². The average molecular weight is 259 g/mol. The van der Waals surface area contributed by atoms with E-state index in [4.69, 9.17) is 5.73 Å². The molecule has 17 heavy (non-hydrogen) atoms. The van der Waals surface area contributed by atoms with Crippen LogP contribution >= 0.6 is 0 Å². The monoisotopic (exact) mass is 259 g/mol. The molecule has 2 rings (SSSR count). The van der Waals surface area contributed by atoms with Crippen LogP contribution in [0.25, 0.3) is 0 Å². The summed E-state index contributed by atoms with van der Waals surface area (Å²) in [6, 6.07) is 0. The van der Waals surface area contributed by atoms with Gasteiger partial charge in [-0.05, 0) is 0 Å². The Morgan fingerprint density at radius 1 is 1.35 bits per heavy atom. The summed E-state index contributed by atoms with van der Waals surface area (Å²) in [7, 11) is -3.38. The summed E-state index contributed by atoms with van der Waals surface area (Å²) in [6.07, 6.45) is 2.74. The normalized spacial score (nSPS) is 19.6. The van der Waals surface area contributed by atoms with Crippen LogP contribution in [0.2, 0.25) is 0 Å². The van der Waals surface area contributed by atoms with E-state index in [0.717, 1.165) is 19.6 Å². The first kappa shape index (κ1) is 12.5. The molecule has 0 unspecified atom stereocenters. The largest absolute Gasteiger partial charge is 0.329 e. The molecule has 2 heterocycles. The van der Waals surface area contributed by atoms with Crippen LogP contribution in [0, 0.1) is 0 Å². The molecule has 3 N–H and O–H groups in total. The molecule has 0 spiro atoms. The summed E-state index contributed by atoms with van der Waals surface area (Å²) in [4.78, 5) is 2.39. The van der Waals surface area contributed by atoms with Crippen molar-refractivity contribution >= 4 is 10.0 Å². The third kappa shape index (κ3) is 2.65. The van der Waals surface area contributed by atoms with E-state index < -0.39 is 10.0 Å². The van der Waals surface area contributed by atoms with Gasteiger partial charge in [-0.25, -0.2) is 8.42 Å². The minimum Gasteiger partial charge on any atom is -0.329 e. The minimum atomic E-state index is -3.38. The molecule has 1 aliphatic rings. The number of piperazine rings is 1. The second-order valence-electron chi connectivity index (χ2n) is 3.97. The van der Waals surface area contributed by atoms with Crippen molar-refractivity contribution in [3.63, 3.8) is 0 Å². The number of H-pyrrole nitrogens is 1. The van der Waals surface area contributed by atoms with Crippen molar-refractivity contribution in [3.8, 4) is 0 Å². The molecule has 0 radical (unpaired) electrons. The molecule has 96 valence electrons. The van der Waals surface area contributed by atoms with Crippen LogP contribution in [0.3, 0.4) is 0 Å². The van der Waals surface area contributed by atoms with Gasteiger partial charge in [-0.2, -0.15) is 9.40 Å². The Morgan fingerprint density at radius 2 is 2.06 bits per heavy atom. The van der Waals surface area contributed by atoms with Crippen molar-refractivity contribution in [2.24, 2.45) is 5.73 Å². The fraction of sp³-hybridized carbons (Fsp3) is 0.667. The molecule has 1 aliphatic heterocycles. The first-order valence-electron chi connectivity index (χ1n) is 5.56. The molecule has 1 fully saturated rings. The summed E-state index contributed by atoms with van der Waals surface area (Å²) in [6.45, 7) is 3.90. The fourth-order valence-electron chi connectivity index (χ4n) is 1.91. The lowest BCUT2D eigenvalue weighted by molar-refractivity contribution is 0.192. The van der Waals surface area contributed by atoms with Gasteiger partial charge >= 0.3 is 0 Å². The highest BCUT2D eigenvalue weighted by Gasteiger charge is 2.28. The molecule has 0 bridgehead atoms. The third-order valence-corrected chi connectivity index (χ3v) is 4.75. The van der Waals surface area contributed by atoms with E-state index in [9.17, 15) is 8.42 Å². The van der Waals surface area contributed by atoms with Crippen LogP contribution < -0.4 is 5.73 Å². The molecule has 0 aromatic carbocycles. The summed E-state index contributed by atoms with van der Waals surface area (Å²) in [5.74, 6) is 0. The Labute approximate surface area is 101 Å². The first-order valence-corrected chi connectivity index (χ1v) is 7.00. The number of nitrogens with two attached hydrogens (primary N) is 1. The zero-order chi connectivity index (χ0) is 12.3. The molecule has 0 saturated carbocycles. The van der Waals surface area contributed by atoms with Gasteiger partial charge in [0.05, 0.1) is 6.20 Å². The lowest BCUT2D eigenvalue weighted by atomic mass is 10.3. The van der Waals surface area contributed by atoms with Crippen LogP contribution in [0.1, 0.15) is 0 Å². The third-order valence-electron chi connectivity index (χ3n) is 2.89. The Bertz CT molecular complexity index is 436. The maximum absolute atomic E-state index is 12.1. The zero-order valence-corrected chi connectivity index (χ0v) is 10.4. The van der Waals surface area contributed by atoms with E-state index in [0.29, 0.717) is 19.6 Å². The van der Waals surface area contributed by atoms with Crippen LogP contribution in [0.5, 0.6) is 0 Å². The highest BCUT2D eigenvalue weighted by Crippen LogP contribution is 2.15. The van der Waals surface area contributed by atoms with Crippen molar-refractivity contribution < 1.29 is 8.42 Å². The quantitative estimate of drug-likeness (QED) is 0.699. The number of nitrogens with zero attached hydrogens (tertiary/aromatic N) is 3. The van der Waals surface area contributed by atoms with Crippen LogP contribution in [0.4, 0.5) is 0 Å². The predicted molar refractivity (Wildman–Crippen MR) is 62.8 cm³/mol. The number of sulfonamides is 1. The van der Waals surface area contributed by atoms with Gasteiger partial charge in [0.1, 0.15) is 4.90 Å². The Morgan fingerprint density at radius 3 is 2.59 bits per heavy atom. The molecule has 0 atom stereocenters. The lowest BCUT2D eigenvalue weighted by Crippen LogP contribution is -2.49. The van der Waals surface area contributed by atoms with E-state index in [1.54, 1.807) is 0 Å². The molecule has 1 saturated heterocycles. The van der Waals surface area contributed by atoms with Gasteiger partial charge < -0.3 is 5.73 Å². The minimum absolute atomic E-state index is 0.227. The molecule has 1 aromatic rings. The van der Waals surface area contributed by atoms with Crippen molar-refractivity contribution in [3.05, 3.63) is 12.4 Å². The van der Waals surface area contributed by atoms with Gasteiger partial charge in [0.2, 0.25) is 10.0 Å². The average Bonchev–Trinajstić information content (AvgIpc) is 2.84. The van der Waals surface area contributed by atoms with E-state index >= 15 is 0 Å². The smallest absolute Gasteiger partial charge is 0.246 e. The Balaban J connectivity index is 2.01. The highest BCUT2D eigenvalue weighted by atomic mass is 32.2. The molecule has 1 aromatic heterocycles. The molecule has 0 aliphatic carbocycles.